The monoisotopic (exact) mass is 286 g/mol. The van der Waals surface area contributed by atoms with Gasteiger partial charge in [-0.3, -0.25) is 4.79 Å². The number of halogens is 1. The molecule has 88 valence electrons. The molecular weight excluding hydrogens is 272 g/mol. The van der Waals surface area contributed by atoms with Gasteiger partial charge in [0.1, 0.15) is 5.82 Å². The van der Waals surface area contributed by atoms with Gasteiger partial charge in [-0.25, -0.2) is 4.98 Å². The zero-order chi connectivity index (χ0) is 12.0. The van der Waals surface area contributed by atoms with E-state index in [4.69, 9.17) is 4.74 Å². The van der Waals surface area contributed by atoms with Crippen LogP contribution in [0.1, 0.15) is 18.9 Å². The van der Waals surface area contributed by atoms with Crippen molar-refractivity contribution in [3.63, 3.8) is 0 Å². The van der Waals surface area contributed by atoms with E-state index in [2.05, 4.69) is 26.2 Å². The Morgan fingerprint density at radius 3 is 3.06 bits per heavy atom. The molecule has 0 bridgehead atoms. The maximum Gasteiger partial charge on any atom is 0.307 e. The number of pyridine rings is 1. The van der Waals surface area contributed by atoms with Crippen LogP contribution in [-0.2, 0) is 9.53 Å². The third kappa shape index (κ3) is 3.81. The second-order valence-corrected chi connectivity index (χ2v) is 4.07. The van der Waals surface area contributed by atoms with E-state index >= 15 is 0 Å². The molecule has 1 aromatic rings. The van der Waals surface area contributed by atoms with Gasteiger partial charge in [0.05, 0.1) is 17.5 Å². The van der Waals surface area contributed by atoms with E-state index in [1.807, 2.05) is 13.0 Å². The lowest BCUT2D eigenvalue weighted by atomic mass is 10.3. The van der Waals surface area contributed by atoms with Crippen LogP contribution in [0.25, 0.3) is 0 Å². The van der Waals surface area contributed by atoms with Gasteiger partial charge in [-0.2, -0.15) is 0 Å². The lowest BCUT2D eigenvalue weighted by Crippen LogP contribution is -2.12. The molecule has 1 heterocycles. The summed E-state index contributed by atoms with van der Waals surface area (Å²) < 4.78 is 5.75. The summed E-state index contributed by atoms with van der Waals surface area (Å²) in [7, 11) is 0. The van der Waals surface area contributed by atoms with Crippen LogP contribution in [0.4, 0.5) is 5.82 Å². The number of aromatic nitrogens is 1. The van der Waals surface area contributed by atoms with E-state index in [0.717, 1.165) is 15.9 Å². The van der Waals surface area contributed by atoms with Gasteiger partial charge in [0.15, 0.2) is 0 Å². The molecule has 16 heavy (non-hydrogen) atoms. The smallest absolute Gasteiger partial charge is 0.307 e. The molecular formula is C11H15BrN2O2. The number of rotatable bonds is 5. The van der Waals surface area contributed by atoms with E-state index in [1.54, 1.807) is 13.1 Å². The van der Waals surface area contributed by atoms with Gasteiger partial charge in [-0.15, -0.1) is 0 Å². The summed E-state index contributed by atoms with van der Waals surface area (Å²) in [6.07, 6.45) is 2.07. The van der Waals surface area contributed by atoms with Gasteiger partial charge in [-0.1, -0.05) is 0 Å². The summed E-state index contributed by atoms with van der Waals surface area (Å²) >= 11 is 3.44. The Labute approximate surface area is 104 Å². The highest BCUT2D eigenvalue weighted by Gasteiger charge is 2.05. The van der Waals surface area contributed by atoms with E-state index in [0.29, 0.717) is 19.6 Å². The molecule has 1 rings (SSSR count). The number of hydrogen-bond donors (Lipinski definition) is 1. The first kappa shape index (κ1) is 13.0. The zero-order valence-corrected chi connectivity index (χ0v) is 11.0. The lowest BCUT2D eigenvalue weighted by Gasteiger charge is -2.08. The largest absolute Gasteiger partial charge is 0.466 e. The molecule has 0 atom stereocenters. The summed E-state index contributed by atoms with van der Waals surface area (Å²) in [5.41, 5.74) is 1.11. The van der Waals surface area contributed by atoms with Gasteiger partial charge in [0.2, 0.25) is 0 Å². The van der Waals surface area contributed by atoms with E-state index in [1.165, 1.54) is 0 Å². The standard InChI is InChI=1S/C11H15BrN2O2/c1-3-16-9(15)5-7-14-11-10(12)8(2)4-6-13-11/h4,6H,3,5,7H2,1-2H3,(H,13,14). The van der Waals surface area contributed by atoms with Crippen molar-refractivity contribution >= 4 is 27.7 Å². The fraction of sp³-hybridized carbons (Fsp3) is 0.455. The van der Waals surface area contributed by atoms with Crippen molar-refractivity contribution < 1.29 is 9.53 Å². The van der Waals surface area contributed by atoms with Gasteiger partial charge in [0, 0.05) is 12.7 Å². The number of esters is 1. The molecule has 0 saturated heterocycles. The third-order valence-electron chi connectivity index (χ3n) is 2.01. The molecule has 0 radical (unpaired) electrons. The van der Waals surface area contributed by atoms with Crippen LogP contribution in [0, 0.1) is 6.92 Å². The second-order valence-electron chi connectivity index (χ2n) is 3.27. The number of hydrogen-bond acceptors (Lipinski definition) is 4. The average molecular weight is 287 g/mol. The van der Waals surface area contributed by atoms with Gasteiger partial charge in [-0.05, 0) is 41.4 Å². The Morgan fingerprint density at radius 1 is 1.62 bits per heavy atom. The number of nitrogens with one attached hydrogen (secondary N) is 1. The molecule has 0 aliphatic carbocycles. The first-order chi connectivity index (χ1) is 7.65. The van der Waals surface area contributed by atoms with Crippen LogP contribution >= 0.6 is 15.9 Å². The number of anilines is 1. The second kappa shape index (κ2) is 6.48. The molecule has 0 amide bonds. The Bertz CT molecular complexity index is 369. The van der Waals surface area contributed by atoms with Crippen LogP contribution in [0.2, 0.25) is 0 Å². The number of ether oxygens (including phenoxy) is 1. The molecule has 1 aromatic heterocycles. The SMILES string of the molecule is CCOC(=O)CCNc1nccc(C)c1Br. The first-order valence-electron chi connectivity index (χ1n) is 5.15. The fourth-order valence-electron chi connectivity index (χ4n) is 1.18. The summed E-state index contributed by atoms with van der Waals surface area (Å²) in [6.45, 7) is 4.73. The summed E-state index contributed by atoms with van der Waals surface area (Å²) in [6, 6.07) is 1.92. The molecule has 0 aliphatic heterocycles. The highest BCUT2D eigenvalue weighted by Crippen LogP contribution is 2.22. The maximum atomic E-state index is 11.1. The van der Waals surface area contributed by atoms with Crippen molar-refractivity contribution in [1.82, 2.24) is 4.98 Å². The van der Waals surface area contributed by atoms with Crippen molar-refractivity contribution in [3.05, 3.63) is 22.3 Å². The van der Waals surface area contributed by atoms with Crippen LogP contribution in [0.3, 0.4) is 0 Å². The molecule has 0 unspecified atom stereocenters. The fourth-order valence-corrected chi connectivity index (χ4v) is 1.55. The minimum absolute atomic E-state index is 0.196. The Hall–Kier alpha value is -1.10. The number of aryl methyl sites for hydroxylation is 1. The van der Waals surface area contributed by atoms with Crippen molar-refractivity contribution in [2.24, 2.45) is 0 Å². The van der Waals surface area contributed by atoms with E-state index in [9.17, 15) is 4.79 Å². The molecule has 0 aromatic carbocycles. The molecule has 0 spiro atoms. The summed E-state index contributed by atoms with van der Waals surface area (Å²) in [4.78, 5) is 15.3. The zero-order valence-electron chi connectivity index (χ0n) is 9.42. The summed E-state index contributed by atoms with van der Waals surface area (Å²) in [5.74, 6) is 0.558. The van der Waals surface area contributed by atoms with Gasteiger partial charge >= 0.3 is 5.97 Å². The maximum absolute atomic E-state index is 11.1. The predicted molar refractivity (Wildman–Crippen MR) is 66.4 cm³/mol. The number of carbonyl (C=O) groups is 1. The van der Waals surface area contributed by atoms with Gasteiger partial charge < -0.3 is 10.1 Å². The van der Waals surface area contributed by atoms with Crippen molar-refractivity contribution in [3.8, 4) is 0 Å². The molecule has 0 saturated carbocycles. The van der Waals surface area contributed by atoms with Crippen LogP contribution in [0.5, 0.6) is 0 Å². The minimum atomic E-state index is -0.196. The predicted octanol–water partition coefficient (Wildman–Crippen LogP) is 2.52. The Balaban J connectivity index is 2.43. The van der Waals surface area contributed by atoms with Crippen LogP contribution in [-0.4, -0.2) is 24.1 Å². The number of nitrogens with zero attached hydrogens (tertiary/aromatic N) is 1. The Kier molecular flexibility index (Phi) is 5.25. The highest BCUT2D eigenvalue weighted by molar-refractivity contribution is 9.10. The molecule has 0 fully saturated rings. The average Bonchev–Trinajstić information content (AvgIpc) is 2.25. The first-order valence-corrected chi connectivity index (χ1v) is 5.95. The number of carbonyl (C=O) groups excluding carboxylic acids is 1. The molecule has 5 heteroatoms. The summed E-state index contributed by atoms with van der Waals surface area (Å²) in [5, 5.41) is 3.08. The highest BCUT2D eigenvalue weighted by atomic mass is 79.9. The third-order valence-corrected chi connectivity index (χ3v) is 3.01. The molecule has 1 N–H and O–H groups in total. The molecule has 4 nitrogen and oxygen atoms in total. The van der Waals surface area contributed by atoms with Gasteiger partial charge in [0.25, 0.3) is 0 Å². The van der Waals surface area contributed by atoms with Crippen LogP contribution < -0.4 is 5.32 Å². The van der Waals surface area contributed by atoms with E-state index < -0.39 is 0 Å². The minimum Gasteiger partial charge on any atom is -0.466 e. The topological polar surface area (TPSA) is 51.2 Å². The normalized spacial score (nSPS) is 9.94. The Morgan fingerprint density at radius 2 is 2.38 bits per heavy atom. The van der Waals surface area contributed by atoms with Crippen molar-refractivity contribution in [2.75, 3.05) is 18.5 Å². The quantitative estimate of drug-likeness (QED) is 0.845. The van der Waals surface area contributed by atoms with Crippen LogP contribution in [0.15, 0.2) is 16.7 Å². The van der Waals surface area contributed by atoms with Crippen molar-refractivity contribution in [1.29, 1.82) is 0 Å². The lowest BCUT2D eigenvalue weighted by molar-refractivity contribution is -0.142. The van der Waals surface area contributed by atoms with Crippen molar-refractivity contribution in [2.45, 2.75) is 20.3 Å². The van der Waals surface area contributed by atoms with E-state index in [-0.39, 0.29) is 5.97 Å². The molecule has 0 aliphatic rings.